The summed E-state index contributed by atoms with van der Waals surface area (Å²) in [5.41, 5.74) is 3.34. The third-order valence-corrected chi connectivity index (χ3v) is 7.08. The number of benzene rings is 1. The van der Waals surface area contributed by atoms with Gasteiger partial charge in [-0.25, -0.2) is 9.59 Å². The number of likely N-dealkylation sites (tertiary alicyclic amines) is 1. The van der Waals surface area contributed by atoms with Crippen molar-refractivity contribution in [1.82, 2.24) is 14.8 Å². The van der Waals surface area contributed by atoms with Crippen LogP contribution in [0.3, 0.4) is 0 Å². The van der Waals surface area contributed by atoms with Crippen LogP contribution in [0.15, 0.2) is 54.2 Å². The van der Waals surface area contributed by atoms with E-state index in [0.29, 0.717) is 18.0 Å². The molecule has 7 nitrogen and oxygen atoms in total. The zero-order valence-electron chi connectivity index (χ0n) is 22.6. The topological polar surface area (TPSA) is 72.0 Å². The van der Waals surface area contributed by atoms with E-state index < -0.39 is 5.60 Å². The van der Waals surface area contributed by atoms with Gasteiger partial charge in [0, 0.05) is 43.8 Å². The Morgan fingerprint density at radius 3 is 2.41 bits per heavy atom. The number of pyridine rings is 1. The van der Waals surface area contributed by atoms with Gasteiger partial charge in [0.25, 0.3) is 0 Å². The van der Waals surface area contributed by atoms with Gasteiger partial charge >= 0.3 is 12.1 Å². The maximum atomic E-state index is 13.4. The molecular formula is C30H39N3O4. The lowest BCUT2D eigenvalue weighted by atomic mass is 10.0. The van der Waals surface area contributed by atoms with Crippen LogP contribution >= 0.6 is 0 Å². The van der Waals surface area contributed by atoms with Crippen LogP contribution < -0.4 is 0 Å². The number of piperidine rings is 1. The number of carbonyl (C=O) groups is 2. The van der Waals surface area contributed by atoms with Crippen LogP contribution in [0.5, 0.6) is 0 Å². The molecule has 0 N–H and O–H groups in total. The molecule has 7 heteroatoms. The molecule has 1 saturated heterocycles. The number of methoxy groups -OCH3 is 1. The summed E-state index contributed by atoms with van der Waals surface area (Å²) in [5, 5.41) is 0. The van der Waals surface area contributed by atoms with Crippen molar-refractivity contribution in [3.63, 3.8) is 0 Å². The number of carbonyl (C=O) groups excluding carboxylic acids is 2. The summed E-state index contributed by atoms with van der Waals surface area (Å²) in [6, 6.07) is 14.3. The molecular weight excluding hydrogens is 466 g/mol. The lowest BCUT2D eigenvalue weighted by Crippen LogP contribution is -2.50. The first-order valence-corrected chi connectivity index (χ1v) is 13.1. The number of aromatic nitrogens is 1. The second kappa shape index (κ2) is 11.5. The van der Waals surface area contributed by atoms with Crippen molar-refractivity contribution in [2.45, 2.75) is 71.2 Å². The Hall–Kier alpha value is -3.19. The molecule has 0 radical (unpaired) electrons. The van der Waals surface area contributed by atoms with Gasteiger partial charge in [0.15, 0.2) is 0 Å². The quantitative estimate of drug-likeness (QED) is 0.459. The zero-order valence-corrected chi connectivity index (χ0v) is 22.6. The fourth-order valence-electron chi connectivity index (χ4n) is 5.11. The van der Waals surface area contributed by atoms with Crippen LogP contribution in [-0.4, -0.2) is 64.7 Å². The molecule has 2 aromatic rings. The summed E-state index contributed by atoms with van der Waals surface area (Å²) in [7, 11) is 1.37. The van der Waals surface area contributed by atoms with Gasteiger partial charge in [-0.3, -0.25) is 9.88 Å². The molecule has 37 heavy (non-hydrogen) atoms. The van der Waals surface area contributed by atoms with Crippen LogP contribution in [-0.2, 0) is 16.0 Å². The summed E-state index contributed by atoms with van der Waals surface area (Å²) >= 11 is 0. The molecule has 2 atom stereocenters. The van der Waals surface area contributed by atoms with Crippen molar-refractivity contribution < 1.29 is 19.1 Å². The van der Waals surface area contributed by atoms with Gasteiger partial charge in [0.2, 0.25) is 0 Å². The number of hydrogen-bond donors (Lipinski definition) is 0. The number of nitrogens with zero attached hydrogens (tertiary/aromatic N) is 3. The summed E-state index contributed by atoms with van der Waals surface area (Å²) in [4.78, 5) is 33.9. The van der Waals surface area contributed by atoms with E-state index in [1.165, 1.54) is 18.2 Å². The second-order valence-electron chi connectivity index (χ2n) is 11.1. The number of ether oxygens (including phenoxy) is 2. The van der Waals surface area contributed by atoms with E-state index in [1.807, 2.05) is 49.9 Å². The predicted molar refractivity (Wildman–Crippen MR) is 144 cm³/mol. The van der Waals surface area contributed by atoms with Crippen molar-refractivity contribution in [3.05, 3.63) is 71.1 Å². The highest BCUT2D eigenvalue weighted by molar-refractivity contribution is 5.88. The minimum atomic E-state index is -0.530. The highest BCUT2D eigenvalue weighted by Crippen LogP contribution is 2.44. The minimum Gasteiger partial charge on any atom is -0.465 e. The smallest absolute Gasteiger partial charge is 0.410 e. The Kier molecular flexibility index (Phi) is 8.32. The van der Waals surface area contributed by atoms with E-state index in [4.69, 9.17) is 9.47 Å². The third-order valence-electron chi connectivity index (χ3n) is 7.08. The Morgan fingerprint density at radius 1 is 1.11 bits per heavy atom. The van der Waals surface area contributed by atoms with Crippen LogP contribution in [0.2, 0.25) is 0 Å². The minimum absolute atomic E-state index is 0.153. The Bertz CT molecular complexity index is 1100. The molecule has 1 amide bonds. The lowest BCUT2D eigenvalue weighted by Gasteiger charge is -2.39. The van der Waals surface area contributed by atoms with E-state index in [9.17, 15) is 9.59 Å². The fourth-order valence-corrected chi connectivity index (χ4v) is 5.11. The molecule has 1 saturated carbocycles. The molecule has 0 spiro atoms. The first-order valence-electron chi connectivity index (χ1n) is 13.1. The molecule has 1 aromatic carbocycles. The van der Waals surface area contributed by atoms with E-state index in [0.717, 1.165) is 38.0 Å². The maximum Gasteiger partial charge on any atom is 0.410 e. The van der Waals surface area contributed by atoms with Gasteiger partial charge in [-0.2, -0.15) is 0 Å². The number of esters is 1. The summed E-state index contributed by atoms with van der Waals surface area (Å²) < 4.78 is 10.6. The number of amides is 1. The summed E-state index contributed by atoms with van der Waals surface area (Å²) in [6.45, 7) is 10.4. The van der Waals surface area contributed by atoms with Gasteiger partial charge in [0.05, 0.1) is 18.4 Å². The van der Waals surface area contributed by atoms with E-state index >= 15 is 0 Å². The number of rotatable bonds is 7. The average molecular weight is 506 g/mol. The summed E-state index contributed by atoms with van der Waals surface area (Å²) in [6.07, 6.45) is 6.36. The monoisotopic (exact) mass is 505 g/mol. The van der Waals surface area contributed by atoms with Gasteiger partial charge in [-0.05, 0) is 64.7 Å². The molecule has 4 rings (SSSR count). The number of hydrogen-bond acceptors (Lipinski definition) is 6. The van der Waals surface area contributed by atoms with Gasteiger partial charge in [-0.1, -0.05) is 42.0 Å². The molecule has 1 aliphatic carbocycles. The van der Waals surface area contributed by atoms with Gasteiger partial charge in [0.1, 0.15) is 5.60 Å². The van der Waals surface area contributed by atoms with Crippen LogP contribution in [0.25, 0.3) is 6.08 Å². The van der Waals surface area contributed by atoms with Gasteiger partial charge in [-0.15, -0.1) is 0 Å². The zero-order chi connectivity index (χ0) is 26.6. The first-order chi connectivity index (χ1) is 17.6. The Morgan fingerprint density at radius 2 is 1.81 bits per heavy atom. The van der Waals surface area contributed by atoms with Crippen molar-refractivity contribution in [3.8, 4) is 0 Å². The van der Waals surface area contributed by atoms with Crippen LogP contribution in [0.4, 0.5) is 4.79 Å². The first kappa shape index (κ1) is 26.9. The molecule has 2 unspecified atom stereocenters. The molecule has 0 bridgehead atoms. The molecule has 2 heterocycles. The highest BCUT2D eigenvalue weighted by Gasteiger charge is 2.48. The summed E-state index contributed by atoms with van der Waals surface area (Å²) in [5.74, 6) is -0.0161. The van der Waals surface area contributed by atoms with Gasteiger partial charge < -0.3 is 14.4 Å². The van der Waals surface area contributed by atoms with E-state index in [1.54, 1.807) is 12.3 Å². The molecule has 1 aromatic heterocycles. The SMILES string of the molecule is COC(=O)c1ccc(CN2CCC(N(C(=O)OC(C)(C)C)C3CC3C(C)=Cc3ccccc3)CC2)nc1. The molecule has 2 fully saturated rings. The normalized spacial score (nSPS) is 20.8. The molecule has 198 valence electrons. The Balaban J connectivity index is 1.40. The van der Waals surface area contributed by atoms with Crippen molar-refractivity contribution >= 4 is 18.1 Å². The second-order valence-corrected chi connectivity index (χ2v) is 11.1. The van der Waals surface area contributed by atoms with Crippen LogP contribution in [0.1, 0.15) is 68.6 Å². The highest BCUT2D eigenvalue weighted by atomic mass is 16.6. The predicted octanol–water partition coefficient (Wildman–Crippen LogP) is 5.56. The average Bonchev–Trinajstić information content (AvgIpc) is 3.65. The van der Waals surface area contributed by atoms with Crippen molar-refractivity contribution in [1.29, 1.82) is 0 Å². The lowest BCUT2D eigenvalue weighted by molar-refractivity contribution is 0.00437. The van der Waals surface area contributed by atoms with Crippen LogP contribution in [0, 0.1) is 5.92 Å². The van der Waals surface area contributed by atoms with Crippen molar-refractivity contribution in [2.75, 3.05) is 20.2 Å². The maximum absolute atomic E-state index is 13.4. The van der Waals surface area contributed by atoms with Crippen molar-refractivity contribution in [2.24, 2.45) is 5.92 Å². The molecule has 1 aliphatic heterocycles. The Labute approximate surface area is 220 Å². The molecule has 2 aliphatic rings. The van der Waals surface area contributed by atoms with E-state index in [2.05, 4.69) is 35.0 Å². The standard InChI is InChI=1S/C30H39N3O4/c1-21(17-22-9-7-6-8-10-22)26-18-27(26)33(29(35)37-30(2,3)4)25-13-15-32(16-14-25)20-24-12-11-23(19-31-24)28(34)36-5/h6-12,17,19,25-27H,13-16,18,20H2,1-5H3. The third kappa shape index (κ3) is 7.19. The fraction of sp³-hybridized carbons (Fsp3) is 0.500. The van der Waals surface area contributed by atoms with E-state index in [-0.39, 0.29) is 24.1 Å². The largest absolute Gasteiger partial charge is 0.465 e.